The van der Waals surface area contributed by atoms with Crippen LogP contribution in [0, 0.1) is 0 Å². The Morgan fingerprint density at radius 2 is 1.65 bits per heavy atom. The summed E-state index contributed by atoms with van der Waals surface area (Å²) in [5, 5.41) is 5.59. The minimum atomic E-state index is -0.684. The van der Waals surface area contributed by atoms with Crippen molar-refractivity contribution in [2.24, 2.45) is 0 Å². The Balaban J connectivity index is 1.69. The fourth-order valence-electron chi connectivity index (χ4n) is 3.50. The molecule has 3 aromatic carbocycles. The van der Waals surface area contributed by atoms with Gasteiger partial charge in [-0.1, -0.05) is 72.8 Å². The molecule has 0 saturated heterocycles. The Kier molecular flexibility index (Phi) is 5.98. The van der Waals surface area contributed by atoms with Crippen molar-refractivity contribution < 1.29 is 19.1 Å². The monoisotopic (exact) mass is 414 g/mol. The Bertz CT molecular complexity index is 1110. The first kappa shape index (κ1) is 20.2. The van der Waals surface area contributed by atoms with Crippen LogP contribution in [0.4, 0.5) is 4.79 Å². The first-order valence-corrected chi connectivity index (χ1v) is 9.88. The highest BCUT2D eigenvalue weighted by atomic mass is 16.5. The summed E-state index contributed by atoms with van der Waals surface area (Å²) in [5.74, 6) is 0.117. The maximum atomic E-state index is 12.7. The number of hydrogen-bond donors (Lipinski definition) is 2. The standard InChI is InChI=1S/C25H22N2O4/c1-30-24(28)21-22(18-11-6-3-7-12-18)26-25(29)27-23(21)19-13-8-14-20(15-19)31-16-17-9-4-2-5-10-17/h2-15,23H,16H2,1H3,(H2,26,27,29). The van der Waals surface area contributed by atoms with Gasteiger partial charge in [-0.05, 0) is 28.8 Å². The molecule has 6 nitrogen and oxygen atoms in total. The van der Waals surface area contributed by atoms with Crippen LogP contribution in [-0.4, -0.2) is 19.1 Å². The van der Waals surface area contributed by atoms with Gasteiger partial charge in [-0.3, -0.25) is 0 Å². The number of urea groups is 1. The summed E-state index contributed by atoms with van der Waals surface area (Å²) in [6.07, 6.45) is 0. The van der Waals surface area contributed by atoms with E-state index in [0.717, 1.165) is 11.1 Å². The van der Waals surface area contributed by atoms with Gasteiger partial charge >= 0.3 is 12.0 Å². The molecular weight excluding hydrogens is 392 g/mol. The fourth-order valence-corrected chi connectivity index (χ4v) is 3.50. The molecule has 1 heterocycles. The number of nitrogens with one attached hydrogen (secondary N) is 2. The van der Waals surface area contributed by atoms with Crippen LogP contribution in [0.5, 0.6) is 5.75 Å². The number of carbonyl (C=O) groups excluding carboxylic acids is 2. The lowest BCUT2D eigenvalue weighted by Crippen LogP contribution is -2.45. The Hall–Kier alpha value is -4.06. The number of benzene rings is 3. The van der Waals surface area contributed by atoms with Gasteiger partial charge in [0.1, 0.15) is 12.4 Å². The zero-order valence-electron chi connectivity index (χ0n) is 17.0. The van der Waals surface area contributed by atoms with Crippen LogP contribution in [0.15, 0.2) is 90.5 Å². The van der Waals surface area contributed by atoms with Gasteiger partial charge in [0.25, 0.3) is 0 Å². The third-order valence-corrected chi connectivity index (χ3v) is 4.98. The van der Waals surface area contributed by atoms with E-state index in [1.54, 1.807) is 0 Å². The van der Waals surface area contributed by atoms with Crippen LogP contribution in [0.3, 0.4) is 0 Å². The first-order valence-electron chi connectivity index (χ1n) is 9.88. The number of methoxy groups -OCH3 is 1. The minimum absolute atomic E-state index is 0.327. The number of rotatable bonds is 6. The molecule has 0 saturated carbocycles. The lowest BCUT2D eigenvalue weighted by molar-refractivity contribution is -0.136. The third kappa shape index (κ3) is 4.59. The molecule has 3 aromatic rings. The summed E-state index contributed by atoms with van der Waals surface area (Å²) >= 11 is 0. The molecule has 0 radical (unpaired) electrons. The summed E-state index contributed by atoms with van der Waals surface area (Å²) in [6.45, 7) is 0.415. The molecule has 1 aliphatic heterocycles. The van der Waals surface area contributed by atoms with Crippen molar-refractivity contribution in [3.63, 3.8) is 0 Å². The van der Waals surface area contributed by atoms with Crippen LogP contribution in [-0.2, 0) is 16.1 Å². The Morgan fingerprint density at radius 3 is 2.35 bits per heavy atom. The molecule has 1 unspecified atom stereocenters. The first-order chi connectivity index (χ1) is 15.2. The second-order valence-electron chi connectivity index (χ2n) is 7.02. The molecule has 0 bridgehead atoms. The summed E-state index contributed by atoms with van der Waals surface area (Å²) in [5.41, 5.74) is 3.24. The van der Waals surface area contributed by atoms with E-state index >= 15 is 0 Å². The average Bonchev–Trinajstić information content (AvgIpc) is 2.83. The van der Waals surface area contributed by atoms with E-state index < -0.39 is 18.0 Å². The van der Waals surface area contributed by atoms with Gasteiger partial charge < -0.3 is 20.1 Å². The van der Waals surface area contributed by atoms with Crippen LogP contribution in [0.1, 0.15) is 22.7 Å². The number of ether oxygens (including phenoxy) is 2. The van der Waals surface area contributed by atoms with Gasteiger partial charge in [-0.2, -0.15) is 0 Å². The van der Waals surface area contributed by atoms with Crippen molar-refractivity contribution in [1.82, 2.24) is 10.6 Å². The molecule has 0 aliphatic carbocycles. The molecule has 0 spiro atoms. The van der Waals surface area contributed by atoms with Crippen molar-refractivity contribution in [2.45, 2.75) is 12.6 Å². The second kappa shape index (κ2) is 9.17. The van der Waals surface area contributed by atoms with Crippen molar-refractivity contribution in [3.8, 4) is 5.75 Å². The van der Waals surface area contributed by atoms with Gasteiger partial charge in [0.15, 0.2) is 0 Å². The molecule has 2 N–H and O–H groups in total. The molecule has 0 aromatic heterocycles. The number of esters is 1. The Labute approximate surface area is 180 Å². The molecule has 4 rings (SSSR count). The summed E-state index contributed by atoms with van der Waals surface area (Å²) in [6, 6.07) is 25.3. The van der Waals surface area contributed by atoms with Gasteiger partial charge in [0.05, 0.1) is 24.4 Å². The van der Waals surface area contributed by atoms with Crippen molar-refractivity contribution in [1.29, 1.82) is 0 Å². The zero-order chi connectivity index (χ0) is 21.6. The van der Waals surface area contributed by atoms with Gasteiger partial charge in [0, 0.05) is 0 Å². The topological polar surface area (TPSA) is 76.7 Å². The predicted molar refractivity (Wildman–Crippen MR) is 117 cm³/mol. The van der Waals surface area contributed by atoms with Gasteiger partial charge in [-0.15, -0.1) is 0 Å². The van der Waals surface area contributed by atoms with Crippen LogP contribution in [0.2, 0.25) is 0 Å². The van der Waals surface area contributed by atoms with Crippen LogP contribution in [0.25, 0.3) is 5.70 Å². The smallest absolute Gasteiger partial charge is 0.338 e. The number of amides is 2. The lowest BCUT2D eigenvalue weighted by Gasteiger charge is -2.29. The molecule has 6 heteroatoms. The van der Waals surface area contributed by atoms with Crippen molar-refractivity contribution in [3.05, 3.63) is 107 Å². The molecular formula is C25H22N2O4. The SMILES string of the molecule is COC(=O)C1=C(c2ccccc2)NC(=O)NC1c1cccc(OCc2ccccc2)c1. The van der Waals surface area contributed by atoms with E-state index in [4.69, 9.17) is 9.47 Å². The highest BCUT2D eigenvalue weighted by molar-refractivity contribution is 6.04. The third-order valence-electron chi connectivity index (χ3n) is 4.98. The van der Waals surface area contributed by atoms with Crippen LogP contribution >= 0.6 is 0 Å². The molecule has 1 atom stereocenters. The maximum Gasteiger partial charge on any atom is 0.338 e. The Morgan fingerprint density at radius 1 is 0.935 bits per heavy atom. The maximum absolute atomic E-state index is 12.7. The summed E-state index contributed by atoms with van der Waals surface area (Å²) in [4.78, 5) is 25.2. The van der Waals surface area contributed by atoms with E-state index in [9.17, 15) is 9.59 Å². The minimum Gasteiger partial charge on any atom is -0.489 e. The molecule has 2 amide bonds. The molecule has 1 aliphatic rings. The number of carbonyl (C=O) groups is 2. The lowest BCUT2D eigenvalue weighted by atomic mass is 9.92. The van der Waals surface area contributed by atoms with Crippen molar-refractivity contribution >= 4 is 17.7 Å². The van der Waals surface area contributed by atoms with Crippen molar-refractivity contribution in [2.75, 3.05) is 7.11 Å². The van der Waals surface area contributed by atoms with E-state index in [0.29, 0.717) is 29.2 Å². The van der Waals surface area contributed by atoms with E-state index in [-0.39, 0.29) is 0 Å². The highest BCUT2D eigenvalue weighted by Gasteiger charge is 2.34. The van der Waals surface area contributed by atoms with E-state index in [2.05, 4.69) is 10.6 Å². The van der Waals surface area contributed by atoms with Gasteiger partial charge in [-0.25, -0.2) is 9.59 Å². The quantitative estimate of drug-likeness (QED) is 0.593. The summed E-state index contributed by atoms with van der Waals surface area (Å²) in [7, 11) is 1.32. The van der Waals surface area contributed by atoms with Crippen LogP contribution < -0.4 is 15.4 Å². The fraction of sp³-hybridized carbons (Fsp3) is 0.120. The molecule has 31 heavy (non-hydrogen) atoms. The predicted octanol–water partition coefficient (Wildman–Crippen LogP) is 4.20. The largest absolute Gasteiger partial charge is 0.489 e. The number of hydrogen-bond acceptors (Lipinski definition) is 4. The zero-order valence-corrected chi connectivity index (χ0v) is 17.0. The molecule has 156 valence electrons. The van der Waals surface area contributed by atoms with E-state index in [1.807, 2.05) is 84.9 Å². The summed E-state index contributed by atoms with van der Waals surface area (Å²) < 4.78 is 11.0. The average molecular weight is 414 g/mol. The highest BCUT2D eigenvalue weighted by Crippen LogP contribution is 2.33. The van der Waals surface area contributed by atoms with Gasteiger partial charge in [0.2, 0.25) is 0 Å². The van der Waals surface area contributed by atoms with E-state index in [1.165, 1.54) is 7.11 Å². The molecule has 0 fully saturated rings. The second-order valence-corrected chi connectivity index (χ2v) is 7.02. The normalized spacial score (nSPS) is 15.6.